The number of rotatable bonds is 4. The van der Waals surface area contributed by atoms with E-state index in [-0.39, 0.29) is 0 Å². The van der Waals surface area contributed by atoms with Gasteiger partial charge < -0.3 is 14.2 Å². The molecule has 0 fully saturated rings. The maximum atomic E-state index is 10.4. The fraction of sp³-hybridized carbons (Fsp3) is 0.625. The second-order valence-electron chi connectivity index (χ2n) is 2.28. The number of carbonyl (C=O) groups excluding carboxylic acids is 1. The summed E-state index contributed by atoms with van der Waals surface area (Å²) in [4.78, 5) is 18.5. The van der Waals surface area contributed by atoms with Gasteiger partial charge in [0.25, 0.3) is 0 Å². The van der Waals surface area contributed by atoms with Gasteiger partial charge in [-0.2, -0.15) is 0 Å². The lowest BCUT2D eigenvalue weighted by Gasteiger charge is -2.00. The number of carbonyl (C=O) groups is 1. The van der Waals surface area contributed by atoms with Crippen LogP contribution in [-0.2, 0) is 18.6 Å². The molecule has 1 N–H and O–H groups in total. The van der Waals surface area contributed by atoms with Crippen LogP contribution in [0.3, 0.4) is 0 Å². The van der Waals surface area contributed by atoms with Gasteiger partial charge in [-0.15, -0.1) is 0 Å². The first-order valence-corrected chi connectivity index (χ1v) is 5.43. The summed E-state index contributed by atoms with van der Waals surface area (Å²) in [6.45, 7) is 7.40. The van der Waals surface area contributed by atoms with Gasteiger partial charge in [0.1, 0.15) is 0 Å². The largest absolute Gasteiger partial charge is 0.463 e. The number of ether oxygens (including phenoxy) is 1. The molecule has 1 unspecified atom stereocenters. The van der Waals surface area contributed by atoms with Crippen LogP contribution in [0.5, 0.6) is 0 Å². The van der Waals surface area contributed by atoms with Crippen LogP contribution in [-0.4, -0.2) is 18.0 Å². The molecule has 0 aromatic rings. The van der Waals surface area contributed by atoms with E-state index in [1.807, 2.05) is 0 Å². The molecule has 0 aromatic heterocycles. The van der Waals surface area contributed by atoms with E-state index < -0.39 is 20.0 Å². The molecule has 0 heterocycles. The quantitative estimate of drug-likeness (QED) is 0.341. The predicted molar refractivity (Wildman–Crippen MR) is 54.0 cm³/mol. The maximum absolute atomic E-state index is 10.4. The molecule has 0 radical (unpaired) electrons. The minimum absolute atomic E-state index is 0.464. The Morgan fingerprint density at radius 1 is 1.43 bits per heavy atom. The van der Waals surface area contributed by atoms with Crippen LogP contribution in [0.2, 0.25) is 0 Å². The molecule has 0 saturated carbocycles. The lowest BCUT2D eigenvalue weighted by atomic mass is 10.4. The van der Waals surface area contributed by atoms with E-state index in [0.717, 1.165) is 7.11 Å². The van der Waals surface area contributed by atoms with Gasteiger partial charge in [-0.3, -0.25) is 0 Å². The summed E-state index contributed by atoms with van der Waals surface area (Å²) in [5.41, 5.74) is 0. The molecule has 1 atom stereocenters. The Labute approximate surface area is 84.7 Å². The van der Waals surface area contributed by atoms with Crippen molar-refractivity contribution in [2.75, 3.05) is 7.11 Å². The Kier molecular flexibility index (Phi) is 11.5. The van der Waals surface area contributed by atoms with E-state index in [4.69, 9.17) is 4.89 Å². The average Bonchev–Trinajstić information content (AvgIpc) is 2.16. The highest BCUT2D eigenvalue weighted by Crippen LogP contribution is 2.19. The number of esters is 1. The van der Waals surface area contributed by atoms with E-state index in [0.29, 0.717) is 0 Å². The normalized spacial score (nSPS) is 10.6. The van der Waals surface area contributed by atoms with Crippen LogP contribution < -0.4 is 0 Å². The van der Waals surface area contributed by atoms with Gasteiger partial charge >= 0.3 is 14.2 Å². The summed E-state index contributed by atoms with van der Waals surface area (Å²) in [7, 11) is -2.02. The standard InChI is InChI=1S/C4H7O5P.C4H10/c1-3(4(5)8-2)9-10(6)7;1-3-4-2/h10H,1H2,2H3,(H,6,7);3-4H2,1-2H3. The summed E-state index contributed by atoms with van der Waals surface area (Å²) in [5.74, 6) is -1.32. The van der Waals surface area contributed by atoms with Crippen molar-refractivity contribution in [3.05, 3.63) is 12.3 Å². The van der Waals surface area contributed by atoms with E-state index in [1.165, 1.54) is 12.8 Å². The predicted octanol–water partition coefficient (Wildman–Crippen LogP) is 1.88. The maximum Gasteiger partial charge on any atom is 0.373 e. The minimum atomic E-state index is -3.14. The van der Waals surface area contributed by atoms with Crippen LogP contribution in [0.15, 0.2) is 12.3 Å². The smallest absolute Gasteiger partial charge is 0.373 e. The van der Waals surface area contributed by atoms with E-state index in [2.05, 4.69) is 29.7 Å². The van der Waals surface area contributed by atoms with Gasteiger partial charge in [0.15, 0.2) is 0 Å². The molecule has 0 rings (SSSR count). The van der Waals surface area contributed by atoms with Crippen molar-refractivity contribution in [1.29, 1.82) is 0 Å². The molecule has 14 heavy (non-hydrogen) atoms. The zero-order chi connectivity index (χ0) is 11.6. The lowest BCUT2D eigenvalue weighted by molar-refractivity contribution is -0.138. The van der Waals surface area contributed by atoms with Gasteiger partial charge in [0.2, 0.25) is 5.76 Å². The molecular weight excluding hydrogens is 207 g/mol. The number of methoxy groups -OCH3 is 1. The van der Waals surface area contributed by atoms with Crippen molar-refractivity contribution in [2.45, 2.75) is 26.7 Å². The number of hydrogen-bond acceptors (Lipinski definition) is 4. The van der Waals surface area contributed by atoms with Gasteiger partial charge in [0, 0.05) is 0 Å². The molecule has 0 aromatic carbocycles. The van der Waals surface area contributed by atoms with Crippen LogP contribution >= 0.6 is 8.25 Å². The molecule has 0 amide bonds. The average molecular weight is 224 g/mol. The Morgan fingerprint density at radius 3 is 2.07 bits per heavy atom. The van der Waals surface area contributed by atoms with E-state index in [1.54, 1.807) is 0 Å². The van der Waals surface area contributed by atoms with Gasteiger partial charge in [-0.05, 0) is 6.58 Å². The first kappa shape index (κ1) is 15.7. The number of unbranched alkanes of at least 4 members (excludes halogenated alkanes) is 1. The molecular formula is C8H17O5P. The zero-order valence-electron chi connectivity index (χ0n) is 8.70. The van der Waals surface area contributed by atoms with Crippen LogP contribution in [0.4, 0.5) is 0 Å². The van der Waals surface area contributed by atoms with Crippen molar-refractivity contribution >= 4 is 14.2 Å². The Bertz CT molecular complexity index is 200. The Hall–Kier alpha value is -0.800. The molecule has 0 aliphatic rings. The monoisotopic (exact) mass is 224 g/mol. The molecule has 0 aliphatic carbocycles. The first-order chi connectivity index (χ1) is 6.49. The van der Waals surface area contributed by atoms with Gasteiger partial charge in [0.05, 0.1) is 7.11 Å². The Balaban J connectivity index is 0. The SMILES string of the molecule is C=C(O[PH](=O)O)C(=O)OC.CCCC. The second-order valence-corrected chi connectivity index (χ2v) is 3.02. The topological polar surface area (TPSA) is 72.8 Å². The van der Waals surface area contributed by atoms with Gasteiger partial charge in [-0.1, -0.05) is 26.7 Å². The third-order valence-electron chi connectivity index (χ3n) is 1.12. The van der Waals surface area contributed by atoms with Crippen LogP contribution in [0.25, 0.3) is 0 Å². The van der Waals surface area contributed by atoms with Crippen molar-refractivity contribution in [1.82, 2.24) is 0 Å². The third-order valence-corrected chi connectivity index (χ3v) is 1.54. The van der Waals surface area contributed by atoms with Crippen molar-refractivity contribution < 1.29 is 23.5 Å². The molecule has 0 spiro atoms. The van der Waals surface area contributed by atoms with Crippen LogP contribution in [0.1, 0.15) is 26.7 Å². The summed E-state index contributed by atoms with van der Waals surface area (Å²) >= 11 is 0. The summed E-state index contributed by atoms with van der Waals surface area (Å²) in [6, 6.07) is 0. The highest BCUT2D eigenvalue weighted by molar-refractivity contribution is 7.32. The van der Waals surface area contributed by atoms with Crippen molar-refractivity contribution in [2.24, 2.45) is 0 Å². The molecule has 0 bridgehead atoms. The summed E-state index contributed by atoms with van der Waals surface area (Å²) < 4.78 is 18.1. The zero-order valence-corrected chi connectivity index (χ0v) is 9.70. The third kappa shape index (κ3) is 11.2. The first-order valence-electron chi connectivity index (χ1n) is 4.17. The van der Waals surface area contributed by atoms with Crippen molar-refractivity contribution in [3.8, 4) is 0 Å². The highest BCUT2D eigenvalue weighted by atomic mass is 31.1. The molecule has 0 aliphatic heterocycles. The minimum Gasteiger partial charge on any atom is -0.463 e. The van der Waals surface area contributed by atoms with Crippen LogP contribution in [0, 0.1) is 0 Å². The van der Waals surface area contributed by atoms with Gasteiger partial charge in [-0.25, -0.2) is 9.36 Å². The highest BCUT2D eigenvalue weighted by Gasteiger charge is 2.08. The molecule has 5 nitrogen and oxygen atoms in total. The molecule has 84 valence electrons. The van der Waals surface area contributed by atoms with E-state index in [9.17, 15) is 9.36 Å². The van der Waals surface area contributed by atoms with E-state index >= 15 is 0 Å². The summed E-state index contributed by atoms with van der Waals surface area (Å²) in [6.07, 6.45) is 2.64. The fourth-order valence-electron chi connectivity index (χ4n) is 0.261. The summed E-state index contributed by atoms with van der Waals surface area (Å²) in [5, 5.41) is 0. The fourth-order valence-corrected chi connectivity index (χ4v) is 0.555. The lowest BCUT2D eigenvalue weighted by Crippen LogP contribution is -2.03. The number of hydrogen-bond donors (Lipinski definition) is 1. The van der Waals surface area contributed by atoms with Crippen molar-refractivity contribution in [3.63, 3.8) is 0 Å². The molecule has 6 heteroatoms. The Morgan fingerprint density at radius 2 is 1.86 bits per heavy atom. The second kappa shape index (κ2) is 10.3. The molecule has 0 saturated heterocycles.